The molecule has 0 radical (unpaired) electrons. The summed E-state index contributed by atoms with van der Waals surface area (Å²) in [6.45, 7) is 3.97. The van der Waals surface area contributed by atoms with E-state index in [2.05, 4.69) is 4.98 Å². The minimum absolute atomic E-state index is 0.00408. The molecule has 2 heterocycles. The third-order valence-corrected chi connectivity index (χ3v) is 3.77. The normalized spacial score (nSPS) is 15.7. The van der Waals surface area contributed by atoms with Crippen LogP contribution in [0.2, 0.25) is 0 Å². The van der Waals surface area contributed by atoms with Crippen LogP contribution < -0.4 is 0 Å². The van der Waals surface area contributed by atoms with Gasteiger partial charge in [-0.2, -0.15) is 0 Å². The lowest BCUT2D eigenvalue weighted by atomic mass is 10.2. The highest BCUT2D eigenvalue weighted by Gasteiger charge is 2.24. The summed E-state index contributed by atoms with van der Waals surface area (Å²) < 4.78 is 0. The summed E-state index contributed by atoms with van der Waals surface area (Å²) in [5.41, 5.74) is 1.58. The van der Waals surface area contributed by atoms with E-state index < -0.39 is 0 Å². The quantitative estimate of drug-likeness (QED) is 0.854. The number of nitrogens with one attached hydrogen (secondary N) is 1. The number of fused-ring (bicyclic) bond motifs is 1. The number of piperazine rings is 1. The first kappa shape index (κ1) is 12.7. The van der Waals surface area contributed by atoms with Crippen molar-refractivity contribution in [3.63, 3.8) is 0 Å². The molecule has 1 aromatic heterocycles. The second-order valence-electron chi connectivity index (χ2n) is 5.07. The van der Waals surface area contributed by atoms with E-state index in [1.165, 1.54) is 0 Å². The van der Waals surface area contributed by atoms with Crippen LogP contribution in [0.3, 0.4) is 0 Å². The number of rotatable bonds is 1. The lowest BCUT2D eigenvalue weighted by Gasteiger charge is -2.33. The van der Waals surface area contributed by atoms with Crippen LogP contribution in [0.5, 0.6) is 0 Å². The number of H-pyrrole nitrogens is 1. The molecule has 1 aromatic carbocycles. The predicted octanol–water partition coefficient (Wildman–Crippen LogP) is 1.47. The van der Waals surface area contributed by atoms with E-state index in [4.69, 9.17) is 0 Å². The van der Waals surface area contributed by atoms with Crippen LogP contribution >= 0.6 is 0 Å². The van der Waals surface area contributed by atoms with Gasteiger partial charge in [-0.25, -0.2) is 0 Å². The molecular weight excluding hydrogens is 254 g/mol. The third kappa shape index (κ3) is 2.27. The van der Waals surface area contributed by atoms with Gasteiger partial charge < -0.3 is 14.8 Å². The van der Waals surface area contributed by atoms with Gasteiger partial charge in [-0.15, -0.1) is 0 Å². The maximum Gasteiger partial charge on any atom is 0.270 e. The molecule has 1 aliphatic rings. The maximum absolute atomic E-state index is 12.4. The molecule has 0 spiro atoms. The zero-order chi connectivity index (χ0) is 14.1. The molecule has 104 valence electrons. The second kappa shape index (κ2) is 5.00. The molecule has 20 heavy (non-hydrogen) atoms. The smallest absolute Gasteiger partial charge is 0.270 e. The molecule has 0 atom stereocenters. The van der Waals surface area contributed by atoms with Gasteiger partial charge in [0.15, 0.2) is 0 Å². The minimum atomic E-state index is 0.00408. The number of carbonyl (C=O) groups is 2. The zero-order valence-electron chi connectivity index (χ0n) is 11.4. The number of nitrogens with zero attached hydrogens (tertiary/aromatic N) is 2. The summed E-state index contributed by atoms with van der Waals surface area (Å²) in [4.78, 5) is 30.4. The van der Waals surface area contributed by atoms with Crippen LogP contribution in [0.15, 0.2) is 30.3 Å². The number of hydrogen-bond acceptors (Lipinski definition) is 2. The second-order valence-corrected chi connectivity index (χ2v) is 5.07. The van der Waals surface area contributed by atoms with Crippen molar-refractivity contribution < 1.29 is 9.59 Å². The van der Waals surface area contributed by atoms with Crippen molar-refractivity contribution in [3.05, 3.63) is 36.0 Å². The summed E-state index contributed by atoms with van der Waals surface area (Å²) in [5.74, 6) is 0.0760. The van der Waals surface area contributed by atoms with Gasteiger partial charge in [0, 0.05) is 44.0 Å². The van der Waals surface area contributed by atoms with Crippen molar-refractivity contribution in [1.29, 1.82) is 0 Å². The van der Waals surface area contributed by atoms with Crippen molar-refractivity contribution in [2.75, 3.05) is 26.2 Å². The van der Waals surface area contributed by atoms with Crippen molar-refractivity contribution in [2.45, 2.75) is 6.92 Å². The summed E-state index contributed by atoms with van der Waals surface area (Å²) in [6.07, 6.45) is 0. The van der Waals surface area contributed by atoms with Crippen molar-refractivity contribution in [2.24, 2.45) is 0 Å². The highest BCUT2D eigenvalue weighted by atomic mass is 16.2. The van der Waals surface area contributed by atoms with E-state index in [0.29, 0.717) is 31.9 Å². The van der Waals surface area contributed by atoms with Crippen LogP contribution in [0, 0.1) is 0 Å². The molecule has 0 unspecified atom stereocenters. The molecule has 2 aromatic rings. The van der Waals surface area contributed by atoms with Crippen molar-refractivity contribution in [3.8, 4) is 0 Å². The average Bonchev–Trinajstić information content (AvgIpc) is 2.90. The van der Waals surface area contributed by atoms with Gasteiger partial charge in [0.1, 0.15) is 5.69 Å². The first-order chi connectivity index (χ1) is 9.65. The molecule has 5 nitrogen and oxygen atoms in total. The van der Waals surface area contributed by atoms with Gasteiger partial charge in [0.25, 0.3) is 5.91 Å². The lowest BCUT2D eigenvalue weighted by molar-refractivity contribution is -0.130. The Kier molecular flexibility index (Phi) is 3.18. The summed E-state index contributed by atoms with van der Waals surface area (Å²) in [6, 6.07) is 9.72. The molecule has 1 saturated heterocycles. The fraction of sp³-hybridized carbons (Fsp3) is 0.333. The Morgan fingerprint density at radius 3 is 2.35 bits per heavy atom. The summed E-state index contributed by atoms with van der Waals surface area (Å²) in [7, 11) is 0. The molecule has 0 saturated carbocycles. The van der Waals surface area contributed by atoms with Gasteiger partial charge in [0.2, 0.25) is 5.91 Å². The summed E-state index contributed by atoms with van der Waals surface area (Å²) >= 11 is 0. The van der Waals surface area contributed by atoms with E-state index in [0.717, 1.165) is 10.9 Å². The fourth-order valence-corrected chi connectivity index (χ4v) is 2.58. The minimum Gasteiger partial charge on any atom is -0.351 e. The van der Waals surface area contributed by atoms with Gasteiger partial charge in [0.05, 0.1) is 0 Å². The Bertz CT molecular complexity index is 621. The van der Waals surface area contributed by atoms with E-state index in [1.807, 2.05) is 30.3 Å². The molecule has 1 aliphatic heterocycles. The Morgan fingerprint density at radius 1 is 1.05 bits per heavy atom. The Balaban J connectivity index is 1.75. The first-order valence-corrected chi connectivity index (χ1v) is 6.78. The van der Waals surface area contributed by atoms with Crippen molar-refractivity contribution in [1.82, 2.24) is 14.8 Å². The number of para-hydroxylation sites is 1. The van der Waals surface area contributed by atoms with Crippen LogP contribution in [0.25, 0.3) is 10.9 Å². The SMILES string of the molecule is CC(=O)N1CCN(C(=O)c2cc3ccccc3[nH]2)CC1. The van der Waals surface area contributed by atoms with Crippen LogP contribution in [0.4, 0.5) is 0 Å². The van der Waals surface area contributed by atoms with E-state index in [9.17, 15) is 9.59 Å². The van der Waals surface area contributed by atoms with Crippen molar-refractivity contribution >= 4 is 22.7 Å². The van der Waals surface area contributed by atoms with Crippen LogP contribution in [-0.2, 0) is 4.79 Å². The Labute approximate surface area is 117 Å². The summed E-state index contributed by atoms with van der Waals surface area (Å²) in [5, 5.41) is 1.04. The zero-order valence-corrected chi connectivity index (χ0v) is 11.4. The third-order valence-electron chi connectivity index (χ3n) is 3.77. The standard InChI is InChI=1S/C15H17N3O2/c1-11(19)17-6-8-18(9-7-17)15(20)14-10-12-4-2-3-5-13(12)16-14/h2-5,10,16H,6-9H2,1H3. The Hall–Kier alpha value is -2.30. The molecule has 0 bridgehead atoms. The lowest BCUT2D eigenvalue weighted by Crippen LogP contribution is -2.50. The van der Waals surface area contributed by atoms with E-state index in [-0.39, 0.29) is 11.8 Å². The molecule has 1 fully saturated rings. The molecule has 1 N–H and O–H groups in total. The topological polar surface area (TPSA) is 56.4 Å². The largest absolute Gasteiger partial charge is 0.351 e. The monoisotopic (exact) mass is 271 g/mol. The number of benzene rings is 1. The molecular formula is C15H17N3O2. The highest BCUT2D eigenvalue weighted by molar-refractivity contribution is 5.98. The predicted molar refractivity (Wildman–Crippen MR) is 76.5 cm³/mol. The van der Waals surface area contributed by atoms with E-state index in [1.54, 1.807) is 16.7 Å². The van der Waals surface area contributed by atoms with Crippen LogP contribution in [-0.4, -0.2) is 52.8 Å². The Morgan fingerprint density at radius 2 is 1.70 bits per heavy atom. The molecule has 3 rings (SSSR count). The van der Waals surface area contributed by atoms with Gasteiger partial charge in [-0.05, 0) is 12.1 Å². The molecule has 0 aliphatic carbocycles. The van der Waals surface area contributed by atoms with Gasteiger partial charge >= 0.3 is 0 Å². The molecule has 2 amide bonds. The first-order valence-electron chi connectivity index (χ1n) is 6.78. The molecule has 5 heteroatoms. The average molecular weight is 271 g/mol. The number of carbonyl (C=O) groups excluding carboxylic acids is 2. The van der Waals surface area contributed by atoms with E-state index >= 15 is 0 Å². The maximum atomic E-state index is 12.4. The number of amides is 2. The number of hydrogen-bond donors (Lipinski definition) is 1. The fourth-order valence-electron chi connectivity index (χ4n) is 2.58. The van der Waals surface area contributed by atoms with Gasteiger partial charge in [-0.3, -0.25) is 9.59 Å². The number of aromatic nitrogens is 1. The number of aromatic amines is 1. The van der Waals surface area contributed by atoms with Gasteiger partial charge in [-0.1, -0.05) is 18.2 Å². The van der Waals surface area contributed by atoms with Crippen LogP contribution in [0.1, 0.15) is 17.4 Å². The highest BCUT2D eigenvalue weighted by Crippen LogP contribution is 2.16.